The zero-order chi connectivity index (χ0) is 10.7. The Morgan fingerprint density at radius 1 is 1.18 bits per heavy atom. The number of nitrogens with one attached hydrogen (secondary N) is 1. The summed E-state index contributed by atoms with van der Waals surface area (Å²) in [6.07, 6.45) is 5.02. The fourth-order valence-electron chi connectivity index (χ4n) is 2.43. The molecule has 2 nitrogen and oxygen atoms in total. The van der Waals surface area contributed by atoms with Crippen molar-refractivity contribution in [3.63, 3.8) is 0 Å². The lowest BCUT2D eigenvalue weighted by Gasteiger charge is -2.30. The van der Waals surface area contributed by atoms with Crippen molar-refractivity contribution in [2.45, 2.75) is 38.1 Å². The molecule has 1 aliphatic carbocycles. The first kappa shape index (κ1) is 16.6. The number of benzene rings is 1. The van der Waals surface area contributed by atoms with E-state index in [1.165, 1.54) is 36.9 Å². The molecule has 3 N–H and O–H groups in total. The minimum absolute atomic E-state index is 0. The zero-order valence-electron chi connectivity index (χ0n) is 10.2. The number of nitrogens with two attached hydrogens (primary N) is 1. The molecule has 0 aromatic heterocycles. The fraction of sp³-hybridized carbons (Fsp3) is 0.538. The molecule has 98 valence electrons. The third kappa shape index (κ3) is 3.77. The summed E-state index contributed by atoms with van der Waals surface area (Å²) in [6, 6.07) is 8.44. The molecule has 1 saturated carbocycles. The standard InChI is InChI=1S/C13H20N2.2ClH/c1-11-6-2-3-7-12(11)15-13(10-14)8-4-5-9-13;;/h2-3,6-7,15H,4-5,8-10,14H2,1H3;2*1H. The smallest absolute Gasteiger partial charge is 0.0495 e. The normalized spacial score (nSPS) is 16.8. The fourth-order valence-corrected chi connectivity index (χ4v) is 2.43. The van der Waals surface area contributed by atoms with Crippen LogP contribution in [0.3, 0.4) is 0 Å². The van der Waals surface area contributed by atoms with E-state index in [1.807, 2.05) is 0 Å². The summed E-state index contributed by atoms with van der Waals surface area (Å²) in [5.41, 5.74) is 8.61. The maximum atomic E-state index is 5.90. The molecule has 1 aromatic carbocycles. The molecule has 0 bridgehead atoms. The second-order valence-corrected chi connectivity index (χ2v) is 4.63. The van der Waals surface area contributed by atoms with E-state index in [2.05, 4.69) is 36.5 Å². The van der Waals surface area contributed by atoms with Gasteiger partial charge in [-0.25, -0.2) is 0 Å². The molecule has 2 rings (SSSR count). The zero-order valence-corrected chi connectivity index (χ0v) is 11.9. The third-order valence-electron chi connectivity index (χ3n) is 3.50. The van der Waals surface area contributed by atoms with Crippen LogP contribution in [-0.2, 0) is 0 Å². The molecule has 1 aromatic rings. The van der Waals surface area contributed by atoms with E-state index >= 15 is 0 Å². The molecule has 4 heteroatoms. The SMILES string of the molecule is Cc1ccccc1NC1(CN)CCCC1.Cl.Cl. The van der Waals surface area contributed by atoms with Gasteiger partial charge in [0.25, 0.3) is 0 Å². The molecule has 1 fully saturated rings. The molecule has 0 spiro atoms. The minimum Gasteiger partial charge on any atom is -0.378 e. The van der Waals surface area contributed by atoms with Gasteiger partial charge in [0.05, 0.1) is 0 Å². The molecule has 0 atom stereocenters. The molecule has 17 heavy (non-hydrogen) atoms. The highest BCUT2D eigenvalue weighted by Gasteiger charge is 2.32. The summed E-state index contributed by atoms with van der Waals surface area (Å²) in [7, 11) is 0. The first-order valence-corrected chi connectivity index (χ1v) is 5.80. The van der Waals surface area contributed by atoms with Gasteiger partial charge < -0.3 is 11.1 Å². The van der Waals surface area contributed by atoms with Gasteiger partial charge in [-0.3, -0.25) is 0 Å². The average Bonchev–Trinajstić information content (AvgIpc) is 2.71. The third-order valence-corrected chi connectivity index (χ3v) is 3.50. The quantitative estimate of drug-likeness (QED) is 0.887. The number of rotatable bonds is 3. The van der Waals surface area contributed by atoms with E-state index < -0.39 is 0 Å². The molecule has 0 radical (unpaired) electrons. The Kier molecular flexibility index (Phi) is 6.91. The van der Waals surface area contributed by atoms with E-state index in [4.69, 9.17) is 5.73 Å². The molecule has 0 unspecified atom stereocenters. The minimum atomic E-state index is 0. The molecule has 0 amide bonds. The van der Waals surface area contributed by atoms with Crippen LogP contribution < -0.4 is 11.1 Å². The van der Waals surface area contributed by atoms with Crippen molar-refractivity contribution in [2.24, 2.45) is 5.73 Å². The highest BCUT2D eigenvalue weighted by Crippen LogP contribution is 2.33. The molecule has 1 aliphatic rings. The van der Waals surface area contributed by atoms with E-state index in [1.54, 1.807) is 0 Å². The summed E-state index contributed by atoms with van der Waals surface area (Å²) in [6.45, 7) is 2.88. The number of hydrogen-bond acceptors (Lipinski definition) is 2. The summed E-state index contributed by atoms with van der Waals surface area (Å²) < 4.78 is 0. The van der Waals surface area contributed by atoms with Crippen molar-refractivity contribution >= 4 is 30.5 Å². The molecule has 0 heterocycles. The van der Waals surface area contributed by atoms with Gasteiger partial charge in [0.2, 0.25) is 0 Å². The predicted octanol–water partition coefficient (Wildman–Crippen LogP) is 3.52. The topological polar surface area (TPSA) is 38.0 Å². The largest absolute Gasteiger partial charge is 0.378 e. The number of halogens is 2. The monoisotopic (exact) mass is 276 g/mol. The lowest BCUT2D eigenvalue weighted by atomic mass is 9.97. The second-order valence-electron chi connectivity index (χ2n) is 4.63. The Balaban J connectivity index is 0.00000128. The second kappa shape index (κ2) is 7.10. The van der Waals surface area contributed by atoms with Gasteiger partial charge in [0.1, 0.15) is 0 Å². The molecule has 0 aliphatic heterocycles. The van der Waals surface area contributed by atoms with Crippen molar-refractivity contribution < 1.29 is 0 Å². The van der Waals surface area contributed by atoms with E-state index in [9.17, 15) is 0 Å². The van der Waals surface area contributed by atoms with Gasteiger partial charge in [0.15, 0.2) is 0 Å². The van der Waals surface area contributed by atoms with Gasteiger partial charge in [-0.15, -0.1) is 24.8 Å². The van der Waals surface area contributed by atoms with Crippen molar-refractivity contribution in [1.82, 2.24) is 0 Å². The van der Waals surface area contributed by atoms with Gasteiger partial charge in [-0.1, -0.05) is 31.0 Å². The van der Waals surface area contributed by atoms with Crippen molar-refractivity contribution in [1.29, 1.82) is 0 Å². The predicted molar refractivity (Wildman–Crippen MR) is 79.6 cm³/mol. The van der Waals surface area contributed by atoms with Crippen molar-refractivity contribution in [3.05, 3.63) is 29.8 Å². The van der Waals surface area contributed by atoms with Crippen molar-refractivity contribution in [2.75, 3.05) is 11.9 Å². The number of hydrogen-bond donors (Lipinski definition) is 2. The highest BCUT2D eigenvalue weighted by atomic mass is 35.5. The summed E-state index contributed by atoms with van der Waals surface area (Å²) in [4.78, 5) is 0. The van der Waals surface area contributed by atoms with Gasteiger partial charge in [-0.2, -0.15) is 0 Å². The molecule has 0 saturated heterocycles. The lowest BCUT2D eigenvalue weighted by molar-refractivity contribution is 0.493. The summed E-state index contributed by atoms with van der Waals surface area (Å²) >= 11 is 0. The van der Waals surface area contributed by atoms with Crippen LogP contribution in [-0.4, -0.2) is 12.1 Å². The van der Waals surface area contributed by atoms with E-state index in [-0.39, 0.29) is 30.4 Å². The molecular weight excluding hydrogens is 255 g/mol. The van der Waals surface area contributed by atoms with Crippen LogP contribution in [0.5, 0.6) is 0 Å². The van der Waals surface area contributed by atoms with Crippen LogP contribution in [0, 0.1) is 6.92 Å². The number of anilines is 1. The van der Waals surface area contributed by atoms with Gasteiger partial charge in [0, 0.05) is 17.8 Å². The Morgan fingerprint density at radius 2 is 1.76 bits per heavy atom. The lowest BCUT2D eigenvalue weighted by Crippen LogP contribution is -2.42. The van der Waals surface area contributed by atoms with Crippen LogP contribution in [0.25, 0.3) is 0 Å². The van der Waals surface area contributed by atoms with Gasteiger partial charge >= 0.3 is 0 Å². The summed E-state index contributed by atoms with van der Waals surface area (Å²) in [5.74, 6) is 0. The summed E-state index contributed by atoms with van der Waals surface area (Å²) in [5, 5.41) is 3.65. The average molecular weight is 277 g/mol. The van der Waals surface area contributed by atoms with Crippen molar-refractivity contribution in [3.8, 4) is 0 Å². The maximum Gasteiger partial charge on any atom is 0.0495 e. The Morgan fingerprint density at radius 3 is 2.29 bits per heavy atom. The van der Waals surface area contributed by atoms with E-state index in [0.29, 0.717) is 0 Å². The van der Waals surface area contributed by atoms with Crippen LogP contribution in [0.15, 0.2) is 24.3 Å². The van der Waals surface area contributed by atoms with E-state index in [0.717, 1.165) is 6.54 Å². The molecular formula is C13H22Cl2N2. The van der Waals surface area contributed by atoms with Crippen LogP contribution in [0.2, 0.25) is 0 Å². The van der Waals surface area contributed by atoms with Crippen LogP contribution in [0.4, 0.5) is 5.69 Å². The van der Waals surface area contributed by atoms with Crippen LogP contribution >= 0.6 is 24.8 Å². The first-order valence-electron chi connectivity index (χ1n) is 5.80. The highest BCUT2D eigenvalue weighted by molar-refractivity contribution is 5.85. The van der Waals surface area contributed by atoms with Crippen LogP contribution in [0.1, 0.15) is 31.2 Å². The number of para-hydroxylation sites is 1. The van der Waals surface area contributed by atoms with Gasteiger partial charge in [-0.05, 0) is 31.4 Å². The maximum absolute atomic E-state index is 5.90. The Bertz CT molecular complexity index is 336. The number of aryl methyl sites for hydroxylation is 1. The Hall–Kier alpha value is -0.440. The Labute approximate surface area is 116 Å². The first-order chi connectivity index (χ1) is 7.26.